The van der Waals surface area contributed by atoms with Crippen molar-refractivity contribution >= 4 is 56.7 Å². The lowest BCUT2D eigenvalue weighted by atomic mass is 10.2. The molecule has 0 aliphatic carbocycles. The number of sulfonamides is 1. The van der Waals surface area contributed by atoms with Crippen LogP contribution in [-0.4, -0.2) is 30.8 Å². The number of nitrogens with zero attached hydrogens (tertiary/aromatic N) is 5. The zero-order chi connectivity index (χ0) is 24.7. The zero-order valence-electron chi connectivity index (χ0n) is 18.5. The van der Waals surface area contributed by atoms with Crippen LogP contribution in [0.3, 0.4) is 0 Å². The largest absolute Gasteiger partial charge is 0.446 e. The second-order valence-electron chi connectivity index (χ2n) is 7.52. The van der Waals surface area contributed by atoms with Crippen molar-refractivity contribution in [1.29, 1.82) is 5.26 Å². The number of aliphatic imine (C=N–C) groups is 1. The third-order valence-corrected chi connectivity index (χ3v) is 9.21. The monoisotopic (exact) mass is 525 g/mol. The number of hydrogen-bond acceptors (Lipinski definition) is 10. The fourth-order valence-corrected chi connectivity index (χ4v) is 6.73. The van der Waals surface area contributed by atoms with Gasteiger partial charge >= 0.3 is 0 Å². The van der Waals surface area contributed by atoms with Crippen molar-refractivity contribution in [2.45, 2.75) is 15.4 Å². The maximum Gasteiger partial charge on any atom is 0.271 e. The van der Waals surface area contributed by atoms with E-state index in [0.717, 1.165) is 27.6 Å². The lowest BCUT2D eigenvalue weighted by molar-refractivity contribution is 0.567. The van der Waals surface area contributed by atoms with Crippen molar-refractivity contribution in [2.24, 2.45) is 17.8 Å². The van der Waals surface area contributed by atoms with Crippen molar-refractivity contribution in [3.8, 4) is 16.6 Å². The number of fused-ring (bicyclic) bond motifs is 1. The van der Waals surface area contributed by atoms with E-state index in [1.807, 2.05) is 6.26 Å². The minimum absolute atomic E-state index is 0.120. The lowest BCUT2D eigenvalue weighted by Crippen LogP contribution is -2.35. The van der Waals surface area contributed by atoms with Crippen LogP contribution in [0.1, 0.15) is 17.3 Å². The van der Waals surface area contributed by atoms with Crippen LogP contribution in [0.15, 0.2) is 67.4 Å². The van der Waals surface area contributed by atoms with Gasteiger partial charge in [0, 0.05) is 18.4 Å². The minimum Gasteiger partial charge on any atom is -0.446 e. The Bertz CT molecular complexity index is 1580. The average Bonchev–Trinajstić information content (AvgIpc) is 3.58. The van der Waals surface area contributed by atoms with Gasteiger partial charge in [-0.15, -0.1) is 23.1 Å². The van der Waals surface area contributed by atoms with Crippen molar-refractivity contribution < 1.29 is 12.8 Å². The van der Waals surface area contributed by atoms with Gasteiger partial charge in [-0.2, -0.15) is 10.4 Å². The van der Waals surface area contributed by atoms with Gasteiger partial charge in [-0.1, -0.05) is 0 Å². The summed E-state index contributed by atoms with van der Waals surface area (Å²) in [6, 6.07) is 13.9. The minimum atomic E-state index is -3.84. The molecule has 35 heavy (non-hydrogen) atoms. The zero-order valence-corrected chi connectivity index (χ0v) is 21.0. The van der Waals surface area contributed by atoms with Gasteiger partial charge in [-0.25, -0.2) is 13.4 Å². The molecule has 1 unspecified atom stereocenters. The first kappa shape index (κ1) is 23.2. The van der Waals surface area contributed by atoms with Gasteiger partial charge in [-0.3, -0.25) is 9.40 Å². The maximum absolute atomic E-state index is 13.0. The fraction of sp³-hybridized carbons (Fsp3) is 0.136. The molecular formula is C22H19N7O3S3. The summed E-state index contributed by atoms with van der Waals surface area (Å²) in [5, 5.41) is 14.7. The summed E-state index contributed by atoms with van der Waals surface area (Å²) in [7, 11) is -2.09. The molecule has 0 amide bonds. The van der Waals surface area contributed by atoms with E-state index in [1.54, 1.807) is 59.4 Å². The van der Waals surface area contributed by atoms with E-state index in [2.05, 4.69) is 20.9 Å². The summed E-state index contributed by atoms with van der Waals surface area (Å²) < 4.78 is 35.7. The Labute approximate surface area is 209 Å². The third-order valence-electron chi connectivity index (χ3n) is 5.39. The second-order valence-corrected chi connectivity index (χ2v) is 11.3. The SMILES string of the molecule is CSc1c(C#N)c(-c2ccc(S(=O)(=O)Nc3ccc(N4C=Nc5occc5C4N)cc3)s2)nn1C. The molecule has 0 fully saturated rings. The standard InChI is InChI=1S/C22H19N7O3S3/c1-28-22(33-2)16(11-23)19(26-28)17-7-8-18(34-17)35(30,31)27-13-3-5-14(6-4-13)29-12-25-21-15(20(29)24)9-10-32-21/h3-10,12,20,27H,24H2,1-2H3. The number of anilines is 2. The molecule has 3 aromatic heterocycles. The summed E-state index contributed by atoms with van der Waals surface area (Å²) in [5.41, 5.74) is 9.12. The van der Waals surface area contributed by atoms with E-state index in [-0.39, 0.29) is 4.21 Å². The van der Waals surface area contributed by atoms with Gasteiger partial charge in [0.2, 0.25) is 5.88 Å². The number of rotatable bonds is 6. The fourth-order valence-electron chi connectivity index (χ4n) is 3.72. The molecular weight excluding hydrogens is 506 g/mol. The van der Waals surface area contributed by atoms with Crippen molar-refractivity contribution in [2.75, 3.05) is 15.9 Å². The van der Waals surface area contributed by atoms with Crippen LogP contribution in [0.25, 0.3) is 10.6 Å². The number of aromatic nitrogens is 2. The highest BCUT2D eigenvalue weighted by atomic mass is 32.2. The smallest absolute Gasteiger partial charge is 0.271 e. The van der Waals surface area contributed by atoms with Crippen molar-refractivity contribution in [1.82, 2.24) is 9.78 Å². The first-order valence-electron chi connectivity index (χ1n) is 10.2. The van der Waals surface area contributed by atoms with Crippen LogP contribution in [0.2, 0.25) is 0 Å². The molecule has 4 aromatic rings. The van der Waals surface area contributed by atoms with Crippen LogP contribution in [0, 0.1) is 11.3 Å². The molecule has 0 saturated carbocycles. The molecule has 0 bridgehead atoms. The molecule has 1 aliphatic heterocycles. The molecule has 0 saturated heterocycles. The summed E-state index contributed by atoms with van der Waals surface area (Å²) in [6.07, 6.45) is 4.51. The number of nitriles is 1. The number of benzene rings is 1. The molecule has 1 atom stereocenters. The molecule has 0 spiro atoms. The van der Waals surface area contributed by atoms with Crippen LogP contribution in [0.4, 0.5) is 17.3 Å². The summed E-state index contributed by atoms with van der Waals surface area (Å²) in [6.45, 7) is 0. The summed E-state index contributed by atoms with van der Waals surface area (Å²) in [5.74, 6) is 0.478. The predicted octanol–water partition coefficient (Wildman–Crippen LogP) is 4.27. The Morgan fingerprint density at radius 2 is 2.00 bits per heavy atom. The Morgan fingerprint density at radius 3 is 2.71 bits per heavy atom. The van der Waals surface area contributed by atoms with E-state index in [4.69, 9.17) is 10.2 Å². The van der Waals surface area contributed by atoms with Gasteiger partial charge < -0.3 is 15.1 Å². The maximum atomic E-state index is 13.0. The van der Waals surface area contributed by atoms with Crippen LogP contribution in [-0.2, 0) is 17.1 Å². The normalized spacial score (nSPS) is 15.1. The van der Waals surface area contributed by atoms with E-state index in [0.29, 0.717) is 27.7 Å². The van der Waals surface area contributed by atoms with Crippen LogP contribution >= 0.6 is 23.1 Å². The molecule has 5 rings (SSSR count). The Morgan fingerprint density at radius 1 is 1.23 bits per heavy atom. The van der Waals surface area contributed by atoms with Gasteiger partial charge in [0.1, 0.15) is 39.1 Å². The first-order valence-corrected chi connectivity index (χ1v) is 13.7. The molecule has 4 heterocycles. The highest BCUT2D eigenvalue weighted by Gasteiger charge is 2.25. The Balaban J connectivity index is 1.35. The number of hydrogen-bond donors (Lipinski definition) is 2. The Hall–Kier alpha value is -3.57. The second kappa shape index (κ2) is 8.90. The van der Waals surface area contributed by atoms with E-state index in [1.165, 1.54) is 24.1 Å². The van der Waals surface area contributed by atoms with Gasteiger partial charge in [-0.05, 0) is 48.7 Å². The highest BCUT2D eigenvalue weighted by Crippen LogP contribution is 2.37. The molecule has 178 valence electrons. The number of aryl methyl sites for hydroxylation is 1. The number of thiophene rings is 1. The summed E-state index contributed by atoms with van der Waals surface area (Å²) in [4.78, 5) is 6.62. The number of thioether (sulfide) groups is 1. The van der Waals surface area contributed by atoms with Crippen molar-refractivity contribution in [3.05, 3.63) is 59.9 Å². The molecule has 10 nitrogen and oxygen atoms in total. The predicted molar refractivity (Wildman–Crippen MR) is 137 cm³/mol. The van der Waals surface area contributed by atoms with Crippen molar-refractivity contribution in [3.63, 3.8) is 0 Å². The molecule has 3 N–H and O–H groups in total. The van der Waals surface area contributed by atoms with Crippen LogP contribution < -0.4 is 15.4 Å². The lowest BCUT2D eigenvalue weighted by Gasteiger charge is -2.29. The van der Waals surface area contributed by atoms with Gasteiger partial charge in [0.25, 0.3) is 10.0 Å². The van der Waals surface area contributed by atoms with E-state index in [9.17, 15) is 13.7 Å². The number of nitrogens with two attached hydrogens (primary N) is 1. The number of furan rings is 1. The third kappa shape index (κ3) is 4.10. The van der Waals surface area contributed by atoms with Crippen LogP contribution in [0.5, 0.6) is 0 Å². The van der Waals surface area contributed by atoms with Gasteiger partial charge in [0.05, 0.1) is 16.7 Å². The quantitative estimate of drug-likeness (QED) is 0.355. The molecule has 1 aromatic carbocycles. The molecule has 1 aliphatic rings. The Kier molecular flexibility index (Phi) is 5.89. The molecule has 13 heteroatoms. The van der Waals surface area contributed by atoms with E-state index >= 15 is 0 Å². The summed E-state index contributed by atoms with van der Waals surface area (Å²) >= 11 is 2.47. The van der Waals surface area contributed by atoms with E-state index < -0.39 is 16.2 Å². The first-order chi connectivity index (χ1) is 16.8. The highest BCUT2D eigenvalue weighted by molar-refractivity contribution is 7.98. The van der Waals surface area contributed by atoms with Gasteiger partial charge in [0.15, 0.2) is 0 Å². The topological polar surface area (TPSA) is 143 Å². The molecule has 0 radical (unpaired) electrons. The average molecular weight is 526 g/mol. The number of nitrogens with one attached hydrogen (secondary N) is 1.